The van der Waals surface area contributed by atoms with Crippen LogP contribution in [-0.2, 0) is 6.54 Å². The van der Waals surface area contributed by atoms with Gasteiger partial charge < -0.3 is 17.0 Å². The van der Waals surface area contributed by atoms with Crippen molar-refractivity contribution in [3.63, 3.8) is 0 Å². The van der Waals surface area contributed by atoms with Crippen molar-refractivity contribution < 1.29 is 26.3 Å². The van der Waals surface area contributed by atoms with E-state index in [-0.39, 0.29) is 22.8 Å². The van der Waals surface area contributed by atoms with Crippen molar-refractivity contribution in [2.24, 2.45) is 0 Å². The average molecular weight is 361 g/mol. The number of aromatic nitrogens is 2. The first-order valence-electron chi connectivity index (χ1n) is 6.30. The Morgan fingerprint density at radius 2 is 2.00 bits per heavy atom. The SMILES string of the molecule is O=C(C[n+]1ccccc1-c1ccccn1)c1ccsc1.[Br-]. The van der Waals surface area contributed by atoms with Crippen molar-refractivity contribution in [3.8, 4) is 11.4 Å². The van der Waals surface area contributed by atoms with Gasteiger partial charge in [-0.25, -0.2) is 4.98 Å². The number of carbonyl (C=O) groups excluding carboxylic acids is 1. The molecule has 0 bridgehead atoms. The van der Waals surface area contributed by atoms with Gasteiger partial charge in [0.25, 0.3) is 0 Å². The summed E-state index contributed by atoms with van der Waals surface area (Å²) in [6.07, 6.45) is 3.67. The molecule has 3 rings (SSSR count). The number of pyridine rings is 2. The molecule has 3 heterocycles. The van der Waals surface area contributed by atoms with E-state index < -0.39 is 0 Å². The van der Waals surface area contributed by atoms with Gasteiger partial charge in [-0.05, 0) is 29.6 Å². The second-order valence-corrected chi connectivity index (χ2v) is 5.14. The van der Waals surface area contributed by atoms with Crippen molar-refractivity contribution in [3.05, 3.63) is 71.2 Å². The molecule has 0 N–H and O–H groups in total. The van der Waals surface area contributed by atoms with Crippen LogP contribution in [0.1, 0.15) is 10.4 Å². The van der Waals surface area contributed by atoms with Crippen molar-refractivity contribution in [2.45, 2.75) is 6.54 Å². The van der Waals surface area contributed by atoms with Gasteiger partial charge in [0.2, 0.25) is 18.0 Å². The third-order valence-electron chi connectivity index (χ3n) is 3.03. The fourth-order valence-corrected chi connectivity index (χ4v) is 2.69. The number of ketones is 1. The molecule has 0 amide bonds. The molecule has 0 fully saturated rings. The predicted octanol–water partition coefficient (Wildman–Crippen LogP) is -0.0155. The zero-order valence-electron chi connectivity index (χ0n) is 11.1. The van der Waals surface area contributed by atoms with Crippen LogP contribution in [-0.4, -0.2) is 10.8 Å². The van der Waals surface area contributed by atoms with E-state index >= 15 is 0 Å². The lowest BCUT2D eigenvalue weighted by atomic mass is 10.2. The summed E-state index contributed by atoms with van der Waals surface area (Å²) in [7, 11) is 0. The zero-order chi connectivity index (χ0) is 13.8. The number of rotatable bonds is 4. The molecule has 5 heteroatoms. The van der Waals surface area contributed by atoms with Crippen molar-refractivity contribution in [1.29, 1.82) is 0 Å². The van der Waals surface area contributed by atoms with Crippen LogP contribution >= 0.6 is 11.3 Å². The topological polar surface area (TPSA) is 33.8 Å². The van der Waals surface area contributed by atoms with Crippen LogP contribution in [0.2, 0.25) is 0 Å². The molecule has 0 unspecified atom stereocenters. The van der Waals surface area contributed by atoms with Crippen molar-refractivity contribution >= 4 is 17.1 Å². The predicted molar refractivity (Wildman–Crippen MR) is 78.5 cm³/mol. The maximum atomic E-state index is 12.2. The molecule has 0 saturated heterocycles. The molecule has 0 aliphatic heterocycles. The van der Waals surface area contributed by atoms with Gasteiger partial charge in [-0.1, -0.05) is 6.07 Å². The lowest BCUT2D eigenvalue weighted by Gasteiger charge is -2.02. The number of hydrogen-bond acceptors (Lipinski definition) is 3. The molecule has 21 heavy (non-hydrogen) atoms. The van der Waals surface area contributed by atoms with E-state index in [1.807, 2.05) is 64.0 Å². The van der Waals surface area contributed by atoms with Crippen LogP contribution in [0, 0.1) is 0 Å². The number of nitrogens with zero attached hydrogens (tertiary/aromatic N) is 2. The quantitative estimate of drug-likeness (QED) is 0.484. The normalized spacial score (nSPS) is 9.90. The van der Waals surface area contributed by atoms with E-state index in [0.717, 1.165) is 17.0 Å². The summed E-state index contributed by atoms with van der Waals surface area (Å²) in [6.45, 7) is 0.323. The molecule has 0 aliphatic rings. The second kappa shape index (κ2) is 7.24. The van der Waals surface area contributed by atoms with Gasteiger partial charge in [-0.15, -0.1) is 0 Å². The summed E-state index contributed by atoms with van der Waals surface area (Å²) in [5.74, 6) is 0.111. The number of hydrogen-bond donors (Lipinski definition) is 0. The summed E-state index contributed by atoms with van der Waals surface area (Å²) in [4.78, 5) is 16.6. The minimum atomic E-state index is 0. The number of halogens is 1. The van der Waals surface area contributed by atoms with Gasteiger partial charge >= 0.3 is 0 Å². The standard InChI is InChI=1S/C16H13N2OS.BrH/c19-16(13-7-10-20-12-13)11-18-9-4-2-6-15(18)14-5-1-3-8-17-14;/h1-10,12H,11H2;1H/q+1;/p-1. The molecule has 3 nitrogen and oxygen atoms in total. The van der Waals surface area contributed by atoms with Crippen LogP contribution in [0.3, 0.4) is 0 Å². The Bertz CT molecular complexity index is 714. The van der Waals surface area contributed by atoms with E-state index in [9.17, 15) is 4.79 Å². The monoisotopic (exact) mass is 360 g/mol. The van der Waals surface area contributed by atoms with E-state index in [0.29, 0.717) is 6.54 Å². The Kier molecular flexibility index (Phi) is 5.36. The van der Waals surface area contributed by atoms with Gasteiger partial charge in [-0.2, -0.15) is 15.9 Å². The summed E-state index contributed by atoms with van der Waals surface area (Å²) >= 11 is 1.54. The Morgan fingerprint density at radius 1 is 1.14 bits per heavy atom. The highest BCUT2D eigenvalue weighted by atomic mass is 79.9. The van der Waals surface area contributed by atoms with Crippen LogP contribution in [0.4, 0.5) is 0 Å². The fraction of sp³-hybridized carbons (Fsp3) is 0.0625. The highest BCUT2D eigenvalue weighted by Gasteiger charge is 2.18. The maximum Gasteiger partial charge on any atom is 0.231 e. The molecule has 0 aliphatic carbocycles. The van der Waals surface area contributed by atoms with Crippen molar-refractivity contribution in [2.75, 3.05) is 0 Å². The van der Waals surface area contributed by atoms with Crippen molar-refractivity contribution in [1.82, 2.24) is 4.98 Å². The van der Waals surface area contributed by atoms with E-state index in [1.54, 1.807) is 6.20 Å². The molecule has 106 valence electrons. The number of thiophene rings is 1. The largest absolute Gasteiger partial charge is 1.00 e. The third kappa shape index (κ3) is 3.62. The highest BCUT2D eigenvalue weighted by molar-refractivity contribution is 7.08. The lowest BCUT2D eigenvalue weighted by Crippen LogP contribution is -3.00. The molecule has 3 aromatic rings. The maximum absolute atomic E-state index is 12.2. The van der Waals surface area contributed by atoms with Crippen LogP contribution in [0.25, 0.3) is 11.4 Å². The van der Waals surface area contributed by atoms with E-state index in [1.165, 1.54) is 11.3 Å². The van der Waals surface area contributed by atoms with Gasteiger partial charge in [0.1, 0.15) is 5.69 Å². The molecule has 0 radical (unpaired) electrons. The molecule has 3 aromatic heterocycles. The van der Waals surface area contributed by atoms with Gasteiger partial charge in [-0.3, -0.25) is 4.79 Å². The summed E-state index contributed by atoms with van der Waals surface area (Å²) in [6, 6.07) is 13.5. The van der Waals surface area contributed by atoms with Gasteiger partial charge in [0.05, 0.1) is 0 Å². The molecule has 0 spiro atoms. The second-order valence-electron chi connectivity index (χ2n) is 4.36. The van der Waals surface area contributed by atoms with Gasteiger partial charge in [0, 0.05) is 29.3 Å². The first-order chi connectivity index (χ1) is 9.84. The third-order valence-corrected chi connectivity index (χ3v) is 3.71. The average Bonchev–Trinajstić information content (AvgIpc) is 3.03. The van der Waals surface area contributed by atoms with Crippen LogP contribution in [0.15, 0.2) is 65.6 Å². The molecule has 0 aromatic carbocycles. The fourth-order valence-electron chi connectivity index (χ4n) is 2.03. The Morgan fingerprint density at radius 3 is 2.71 bits per heavy atom. The minimum Gasteiger partial charge on any atom is -1.00 e. The molecular weight excluding hydrogens is 348 g/mol. The zero-order valence-corrected chi connectivity index (χ0v) is 13.5. The Balaban J connectivity index is 0.00000161. The Hall–Kier alpha value is -1.85. The Labute approximate surface area is 137 Å². The van der Waals surface area contributed by atoms with Crippen LogP contribution in [0.5, 0.6) is 0 Å². The van der Waals surface area contributed by atoms with Crippen LogP contribution < -0.4 is 21.5 Å². The van der Waals surface area contributed by atoms with E-state index in [4.69, 9.17) is 0 Å². The smallest absolute Gasteiger partial charge is 0.231 e. The summed E-state index contributed by atoms with van der Waals surface area (Å²) in [5, 5.41) is 3.80. The molecule has 0 atom stereocenters. The number of carbonyl (C=O) groups is 1. The highest BCUT2D eigenvalue weighted by Crippen LogP contribution is 2.12. The first kappa shape index (κ1) is 15.5. The summed E-state index contributed by atoms with van der Waals surface area (Å²) in [5.41, 5.74) is 2.57. The lowest BCUT2D eigenvalue weighted by molar-refractivity contribution is -0.672. The molecule has 0 saturated carbocycles. The van der Waals surface area contributed by atoms with Gasteiger partial charge in [0.15, 0.2) is 6.20 Å². The van der Waals surface area contributed by atoms with E-state index in [2.05, 4.69) is 4.98 Å². The molecular formula is C16H13BrN2OS. The number of Topliss-reactive ketones (excluding diaryl/α,β-unsaturated/α-hetero) is 1. The minimum absolute atomic E-state index is 0. The summed E-state index contributed by atoms with van der Waals surface area (Å²) < 4.78 is 1.93. The first-order valence-corrected chi connectivity index (χ1v) is 7.24.